The summed E-state index contributed by atoms with van der Waals surface area (Å²) in [6, 6.07) is 1.53. The van der Waals surface area contributed by atoms with Crippen molar-refractivity contribution in [1.29, 1.82) is 0 Å². The van der Waals surface area contributed by atoms with Gasteiger partial charge in [-0.1, -0.05) is 0 Å². The van der Waals surface area contributed by atoms with Crippen molar-refractivity contribution in [2.24, 2.45) is 0 Å². The Kier molecular flexibility index (Phi) is 4.43. The van der Waals surface area contributed by atoms with Crippen LogP contribution in [0.2, 0.25) is 0 Å². The number of halogens is 1. The van der Waals surface area contributed by atoms with E-state index in [1.807, 2.05) is 5.38 Å². The fourth-order valence-electron chi connectivity index (χ4n) is 1.71. The number of carbonyl (C=O) groups is 1. The number of aromatic nitrogens is 1. The molecule has 0 aliphatic carbocycles. The molecule has 1 aromatic carbocycles. The van der Waals surface area contributed by atoms with Crippen molar-refractivity contribution in [2.45, 2.75) is 6.42 Å². The smallest absolute Gasteiger partial charge is 0.342 e. The van der Waals surface area contributed by atoms with Crippen LogP contribution in [0.15, 0.2) is 23.0 Å². The van der Waals surface area contributed by atoms with Crippen LogP contribution in [0.4, 0.5) is 15.8 Å². The van der Waals surface area contributed by atoms with Gasteiger partial charge in [0.25, 0.3) is 5.69 Å². The monoisotopic (exact) mass is 311 g/mol. The van der Waals surface area contributed by atoms with Crippen molar-refractivity contribution >= 4 is 28.7 Å². The quantitative estimate of drug-likeness (QED) is 0.627. The number of anilines is 1. The molecular formula is C12H10FN3O4S. The van der Waals surface area contributed by atoms with E-state index in [2.05, 4.69) is 10.3 Å². The topological polar surface area (TPSA) is 105 Å². The van der Waals surface area contributed by atoms with Crippen molar-refractivity contribution in [3.05, 3.63) is 50.2 Å². The van der Waals surface area contributed by atoms with E-state index >= 15 is 0 Å². The molecule has 0 saturated heterocycles. The number of hydrogen-bond acceptors (Lipinski definition) is 6. The van der Waals surface area contributed by atoms with Crippen LogP contribution in [0.3, 0.4) is 0 Å². The summed E-state index contributed by atoms with van der Waals surface area (Å²) < 4.78 is 13.7. The highest BCUT2D eigenvalue weighted by atomic mass is 32.1. The molecule has 2 rings (SSSR count). The molecule has 0 bridgehead atoms. The van der Waals surface area contributed by atoms with E-state index in [0.717, 1.165) is 11.8 Å². The molecule has 0 atom stereocenters. The molecule has 0 radical (unpaired) electrons. The van der Waals surface area contributed by atoms with Crippen LogP contribution in [0.5, 0.6) is 0 Å². The molecular weight excluding hydrogens is 301 g/mol. The molecule has 0 fully saturated rings. The average Bonchev–Trinajstić information content (AvgIpc) is 2.92. The number of carboxylic acids is 1. The van der Waals surface area contributed by atoms with Gasteiger partial charge < -0.3 is 10.4 Å². The zero-order valence-electron chi connectivity index (χ0n) is 10.6. The number of aromatic carboxylic acids is 1. The Balaban J connectivity index is 2.17. The summed E-state index contributed by atoms with van der Waals surface area (Å²) >= 11 is 1.43. The van der Waals surface area contributed by atoms with Gasteiger partial charge in [-0.15, -0.1) is 11.3 Å². The summed E-state index contributed by atoms with van der Waals surface area (Å²) in [5.74, 6) is -2.35. The first-order chi connectivity index (χ1) is 9.99. The third-order valence-electron chi connectivity index (χ3n) is 2.69. The molecule has 110 valence electrons. The number of nitro benzene ring substituents is 1. The van der Waals surface area contributed by atoms with Crippen molar-refractivity contribution < 1.29 is 19.2 Å². The van der Waals surface area contributed by atoms with E-state index in [4.69, 9.17) is 5.11 Å². The van der Waals surface area contributed by atoms with Crippen molar-refractivity contribution in [1.82, 2.24) is 4.98 Å². The second kappa shape index (κ2) is 6.27. The van der Waals surface area contributed by atoms with Gasteiger partial charge in [-0.3, -0.25) is 10.1 Å². The first kappa shape index (κ1) is 14.9. The molecule has 1 heterocycles. The minimum Gasteiger partial charge on any atom is -0.477 e. The summed E-state index contributed by atoms with van der Waals surface area (Å²) in [4.78, 5) is 24.8. The van der Waals surface area contributed by atoms with Crippen molar-refractivity contribution in [3.8, 4) is 0 Å². The molecule has 0 unspecified atom stereocenters. The predicted molar refractivity (Wildman–Crippen MR) is 74.3 cm³/mol. The number of nitro groups is 1. The van der Waals surface area contributed by atoms with E-state index in [1.165, 1.54) is 11.3 Å². The summed E-state index contributed by atoms with van der Waals surface area (Å²) in [5, 5.41) is 24.2. The second-order valence-corrected chi connectivity index (χ2v) is 4.79. The number of benzene rings is 1. The highest BCUT2D eigenvalue weighted by Gasteiger charge is 2.23. The van der Waals surface area contributed by atoms with Crippen LogP contribution < -0.4 is 5.32 Å². The Morgan fingerprint density at radius 2 is 2.29 bits per heavy atom. The van der Waals surface area contributed by atoms with Crippen molar-refractivity contribution in [2.75, 3.05) is 11.9 Å². The third kappa shape index (κ3) is 3.51. The van der Waals surface area contributed by atoms with Crippen LogP contribution in [0.1, 0.15) is 16.1 Å². The first-order valence-corrected chi connectivity index (χ1v) is 6.75. The maximum atomic E-state index is 13.7. The Hall–Kier alpha value is -2.55. The van der Waals surface area contributed by atoms with Gasteiger partial charge in [0, 0.05) is 18.3 Å². The molecule has 7 nitrogen and oxygen atoms in total. The standard InChI is InChI=1S/C12H10FN3O4S/c13-9-4-11(16(19)20)8(12(17)18)3-10(9)14-2-1-7-5-21-6-15-7/h3-6,14H,1-2H2,(H,17,18). The van der Waals surface area contributed by atoms with Gasteiger partial charge in [0.1, 0.15) is 5.56 Å². The lowest BCUT2D eigenvalue weighted by Gasteiger charge is -2.08. The highest BCUT2D eigenvalue weighted by Crippen LogP contribution is 2.26. The summed E-state index contributed by atoms with van der Waals surface area (Å²) in [7, 11) is 0. The van der Waals surface area contributed by atoms with E-state index in [0.29, 0.717) is 19.0 Å². The number of rotatable bonds is 6. The molecule has 0 spiro atoms. The number of thiazole rings is 1. The van der Waals surface area contributed by atoms with Gasteiger partial charge in [0.05, 0.1) is 27.9 Å². The number of nitrogens with one attached hydrogen (secondary N) is 1. The van der Waals surface area contributed by atoms with Gasteiger partial charge in [-0.2, -0.15) is 0 Å². The van der Waals surface area contributed by atoms with Gasteiger partial charge >= 0.3 is 5.97 Å². The number of nitrogens with zero attached hydrogens (tertiary/aromatic N) is 2. The lowest BCUT2D eigenvalue weighted by atomic mass is 10.1. The predicted octanol–water partition coefficient (Wildman–Crippen LogP) is 2.54. The van der Waals surface area contributed by atoms with Crippen LogP contribution in [-0.4, -0.2) is 27.5 Å². The van der Waals surface area contributed by atoms with Crippen molar-refractivity contribution in [3.63, 3.8) is 0 Å². The van der Waals surface area contributed by atoms with Crippen LogP contribution in [0, 0.1) is 15.9 Å². The Labute approximate surface area is 122 Å². The Bertz CT molecular complexity index is 675. The van der Waals surface area contributed by atoms with Crippen LogP contribution >= 0.6 is 11.3 Å². The lowest BCUT2D eigenvalue weighted by Crippen LogP contribution is -2.10. The first-order valence-electron chi connectivity index (χ1n) is 5.81. The summed E-state index contributed by atoms with van der Waals surface area (Å²) in [6.07, 6.45) is 0.530. The largest absolute Gasteiger partial charge is 0.477 e. The van der Waals surface area contributed by atoms with E-state index in [1.54, 1.807) is 5.51 Å². The maximum absolute atomic E-state index is 13.7. The Morgan fingerprint density at radius 3 is 2.86 bits per heavy atom. The summed E-state index contributed by atoms with van der Waals surface area (Å²) in [5.41, 5.74) is 1.08. The van der Waals surface area contributed by atoms with E-state index in [-0.39, 0.29) is 5.69 Å². The molecule has 1 aromatic heterocycles. The van der Waals surface area contributed by atoms with Crippen LogP contribution in [0.25, 0.3) is 0 Å². The van der Waals surface area contributed by atoms with Gasteiger partial charge in [0.2, 0.25) is 0 Å². The Morgan fingerprint density at radius 1 is 1.52 bits per heavy atom. The fraction of sp³-hybridized carbons (Fsp3) is 0.167. The fourth-order valence-corrected chi connectivity index (χ4v) is 2.30. The molecule has 2 N–H and O–H groups in total. The lowest BCUT2D eigenvalue weighted by molar-refractivity contribution is -0.385. The number of hydrogen-bond donors (Lipinski definition) is 2. The van der Waals surface area contributed by atoms with Gasteiger partial charge in [-0.25, -0.2) is 14.2 Å². The van der Waals surface area contributed by atoms with Gasteiger partial charge in [0.15, 0.2) is 5.82 Å². The molecule has 21 heavy (non-hydrogen) atoms. The zero-order chi connectivity index (χ0) is 15.4. The summed E-state index contributed by atoms with van der Waals surface area (Å²) in [6.45, 7) is 0.331. The molecule has 9 heteroatoms. The molecule has 0 aliphatic rings. The second-order valence-electron chi connectivity index (χ2n) is 4.07. The highest BCUT2D eigenvalue weighted by molar-refractivity contribution is 7.07. The van der Waals surface area contributed by atoms with E-state index in [9.17, 15) is 19.3 Å². The minimum absolute atomic E-state index is 0.0896. The van der Waals surface area contributed by atoms with Crippen LogP contribution in [-0.2, 0) is 6.42 Å². The molecule has 0 amide bonds. The SMILES string of the molecule is O=C(O)c1cc(NCCc2cscn2)c(F)cc1[N+](=O)[O-]. The zero-order valence-corrected chi connectivity index (χ0v) is 11.4. The third-order valence-corrected chi connectivity index (χ3v) is 3.33. The molecule has 0 aliphatic heterocycles. The average molecular weight is 311 g/mol. The van der Waals surface area contributed by atoms with E-state index < -0.39 is 28.0 Å². The minimum atomic E-state index is -1.48. The van der Waals surface area contributed by atoms with Gasteiger partial charge in [-0.05, 0) is 6.07 Å². The molecule has 0 saturated carbocycles. The molecule has 2 aromatic rings. The maximum Gasteiger partial charge on any atom is 0.342 e. The normalized spacial score (nSPS) is 10.3. The number of carboxylic acid groups (broad SMARTS) is 1.